The van der Waals surface area contributed by atoms with E-state index in [1.165, 1.54) is 31.0 Å². The summed E-state index contributed by atoms with van der Waals surface area (Å²) < 4.78 is 9.86. The minimum atomic E-state index is -0.913. The van der Waals surface area contributed by atoms with Crippen LogP contribution in [-0.4, -0.2) is 36.7 Å². The molecule has 0 aliphatic rings. The molecule has 0 fully saturated rings. The summed E-state index contributed by atoms with van der Waals surface area (Å²) in [6, 6.07) is 9.43. The molecule has 0 spiro atoms. The van der Waals surface area contributed by atoms with E-state index in [9.17, 15) is 14.4 Å². The molecular weight excluding hydrogens is 344 g/mol. The summed E-state index contributed by atoms with van der Waals surface area (Å²) in [5, 5.41) is 5.11. The zero-order valence-corrected chi connectivity index (χ0v) is 14.6. The summed E-state index contributed by atoms with van der Waals surface area (Å²) >= 11 is 1.49. The van der Waals surface area contributed by atoms with Crippen LogP contribution < -0.4 is 10.6 Å². The van der Waals surface area contributed by atoms with E-state index in [2.05, 4.69) is 10.6 Å². The number of carbonyl (C=O) groups excluding carboxylic acids is 3. The van der Waals surface area contributed by atoms with Crippen LogP contribution in [0.5, 0.6) is 0 Å². The standard InChI is InChI=1S/C17H18N2O5S/c1-11(18-16(21)13-7-5-9-23-13)17(22)24-10-15(20)19-12-6-3-4-8-14(12)25-2/h3-9,11H,10H2,1-2H3,(H,18,21)(H,19,20)/t11-/m0/s1. The number of anilines is 1. The monoisotopic (exact) mass is 362 g/mol. The van der Waals surface area contributed by atoms with E-state index in [0.717, 1.165) is 4.90 Å². The first-order valence-corrected chi connectivity index (χ1v) is 8.67. The van der Waals surface area contributed by atoms with Crippen molar-refractivity contribution < 1.29 is 23.5 Å². The van der Waals surface area contributed by atoms with Gasteiger partial charge in [-0.25, -0.2) is 4.79 Å². The molecule has 7 nitrogen and oxygen atoms in total. The van der Waals surface area contributed by atoms with Gasteiger partial charge < -0.3 is 19.8 Å². The topological polar surface area (TPSA) is 97.6 Å². The lowest BCUT2D eigenvalue weighted by Gasteiger charge is -2.13. The highest BCUT2D eigenvalue weighted by molar-refractivity contribution is 7.98. The van der Waals surface area contributed by atoms with Crippen LogP contribution in [0.3, 0.4) is 0 Å². The van der Waals surface area contributed by atoms with Gasteiger partial charge >= 0.3 is 5.97 Å². The van der Waals surface area contributed by atoms with E-state index in [0.29, 0.717) is 5.69 Å². The van der Waals surface area contributed by atoms with Gasteiger partial charge in [-0.15, -0.1) is 11.8 Å². The quantitative estimate of drug-likeness (QED) is 0.579. The van der Waals surface area contributed by atoms with E-state index < -0.39 is 30.4 Å². The Morgan fingerprint density at radius 2 is 1.96 bits per heavy atom. The van der Waals surface area contributed by atoms with Crippen molar-refractivity contribution in [2.75, 3.05) is 18.2 Å². The van der Waals surface area contributed by atoms with Gasteiger partial charge in [-0.05, 0) is 37.4 Å². The maximum atomic E-state index is 11.9. The first-order valence-electron chi connectivity index (χ1n) is 7.45. The molecule has 0 bridgehead atoms. The van der Waals surface area contributed by atoms with Crippen LogP contribution in [0, 0.1) is 0 Å². The molecule has 0 aliphatic heterocycles. The Hall–Kier alpha value is -2.74. The number of ether oxygens (including phenoxy) is 1. The Morgan fingerprint density at radius 1 is 1.20 bits per heavy atom. The average Bonchev–Trinajstić information content (AvgIpc) is 3.14. The lowest BCUT2D eigenvalue weighted by atomic mass is 10.3. The summed E-state index contributed by atoms with van der Waals surface area (Å²) in [6.07, 6.45) is 3.25. The van der Waals surface area contributed by atoms with Crippen LogP contribution in [0.4, 0.5) is 5.69 Å². The molecule has 132 valence electrons. The molecule has 2 aromatic rings. The third kappa shape index (κ3) is 5.39. The van der Waals surface area contributed by atoms with Crippen molar-refractivity contribution in [3.63, 3.8) is 0 Å². The minimum absolute atomic E-state index is 0.0889. The number of para-hydroxylation sites is 1. The fraction of sp³-hybridized carbons (Fsp3) is 0.235. The first-order chi connectivity index (χ1) is 12.0. The predicted octanol–water partition coefficient (Wildman–Crippen LogP) is 2.30. The summed E-state index contributed by atoms with van der Waals surface area (Å²) in [5.74, 6) is -1.62. The zero-order chi connectivity index (χ0) is 18.2. The van der Waals surface area contributed by atoms with Crippen LogP contribution in [0.1, 0.15) is 17.5 Å². The van der Waals surface area contributed by atoms with Gasteiger partial charge in [0.2, 0.25) is 0 Å². The van der Waals surface area contributed by atoms with E-state index in [-0.39, 0.29) is 5.76 Å². The number of amides is 2. The number of hydrogen-bond acceptors (Lipinski definition) is 6. The SMILES string of the molecule is CSc1ccccc1NC(=O)COC(=O)[C@H](C)NC(=O)c1ccco1. The Balaban J connectivity index is 1.80. The first kappa shape index (κ1) is 18.6. The molecule has 1 aromatic heterocycles. The third-order valence-corrected chi connectivity index (χ3v) is 3.97. The van der Waals surface area contributed by atoms with Crippen molar-refractivity contribution in [1.29, 1.82) is 0 Å². The fourth-order valence-electron chi connectivity index (χ4n) is 1.93. The van der Waals surface area contributed by atoms with Gasteiger partial charge in [-0.2, -0.15) is 0 Å². The number of thioether (sulfide) groups is 1. The van der Waals surface area contributed by atoms with Crippen LogP contribution in [0.25, 0.3) is 0 Å². The number of benzene rings is 1. The molecule has 2 amide bonds. The van der Waals surface area contributed by atoms with Crippen LogP contribution in [-0.2, 0) is 14.3 Å². The lowest BCUT2D eigenvalue weighted by molar-refractivity contribution is -0.148. The van der Waals surface area contributed by atoms with Crippen molar-refractivity contribution in [2.45, 2.75) is 17.9 Å². The smallest absolute Gasteiger partial charge is 0.328 e. The van der Waals surface area contributed by atoms with Gasteiger partial charge in [-0.1, -0.05) is 12.1 Å². The highest BCUT2D eigenvalue weighted by atomic mass is 32.2. The third-order valence-electron chi connectivity index (χ3n) is 3.17. The molecule has 1 aromatic carbocycles. The van der Waals surface area contributed by atoms with Gasteiger partial charge in [0.05, 0.1) is 12.0 Å². The zero-order valence-electron chi connectivity index (χ0n) is 13.8. The summed E-state index contributed by atoms with van der Waals surface area (Å²) in [7, 11) is 0. The molecule has 0 aliphatic carbocycles. The van der Waals surface area contributed by atoms with Crippen LogP contribution >= 0.6 is 11.8 Å². The predicted molar refractivity (Wildman–Crippen MR) is 93.4 cm³/mol. The van der Waals surface area contributed by atoms with E-state index in [4.69, 9.17) is 9.15 Å². The minimum Gasteiger partial charge on any atom is -0.459 e. The van der Waals surface area contributed by atoms with Crippen molar-refractivity contribution in [3.05, 3.63) is 48.4 Å². The highest BCUT2D eigenvalue weighted by Gasteiger charge is 2.20. The van der Waals surface area contributed by atoms with Crippen molar-refractivity contribution in [3.8, 4) is 0 Å². The molecule has 1 atom stereocenters. The number of esters is 1. The number of rotatable bonds is 7. The number of carbonyl (C=O) groups is 3. The van der Waals surface area contributed by atoms with Gasteiger partial charge in [0, 0.05) is 4.90 Å². The summed E-state index contributed by atoms with van der Waals surface area (Å²) in [6.45, 7) is 1.02. The van der Waals surface area contributed by atoms with E-state index in [1.807, 2.05) is 18.4 Å². The van der Waals surface area contributed by atoms with Crippen molar-refractivity contribution in [1.82, 2.24) is 5.32 Å². The molecule has 1 heterocycles. The summed E-state index contributed by atoms with van der Waals surface area (Å²) in [4.78, 5) is 36.5. The number of hydrogen-bond donors (Lipinski definition) is 2. The van der Waals surface area contributed by atoms with E-state index >= 15 is 0 Å². The van der Waals surface area contributed by atoms with Gasteiger partial charge in [0.25, 0.3) is 11.8 Å². The molecule has 0 unspecified atom stereocenters. The van der Waals surface area contributed by atoms with Gasteiger partial charge in [-0.3, -0.25) is 9.59 Å². The highest BCUT2D eigenvalue weighted by Crippen LogP contribution is 2.24. The van der Waals surface area contributed by atoms with Gasteiger partial charge in [0.15, 0.2) is 12.4 Å². The van der Waals surface area contributed by atoms with Crippen molar-refractivity contribution >= 4 is 35.2 Å². The normalized spacial score (nSPS) is 11.4. The van der Waals surface area contributed by atoms with Crippen LogP contribution in [0.2, 0.25) is 0 Å². The maximum absolute atomic E-state index is 11.9. The maximum Gasteiger partial charge on any atom is 0.328 e. The van der Waals surface area contributed by atoms with E-state index in [1.54, 1.807) is 18.2 Å². The summed E-state index contributed by atoms with van der Waals surface area (Å²) in [5.41, 5.74) is 0.648. The molecule has 0 radical (unpaired) electrons. The molecular formula is C17H18N2O5S. The van der Waals surface area contributed by atoms with Crippen LogP contribution in [0.15, 0.2) is 52.0 Å². The van der Waals surface area contributed by atoms with Crippen molar-refractivity contribution in [2.24, 2.45) is 0 Å². The molecule has 2 rings (SSSR count). The molecule has 8 heteroatoms. The largest absolute Gasteiger partial charge is 0.459 e. The number of furan rings is 1. The lowest BCUT2D eigenvalue weighted by Crippen LogP contribution is -2.40. The number of nitrogens with one attached hydrogen (secondary N) is 2. The Bertz CT molecular complexity index is 745. The Kier molecular flexibility index (Phi) is 6.64. The van der Waals surface area contributed by atoms with Gasteiger partial charge in [0.1, 0.15) is 6.04 Å². The molecule has 2 N–H and O–H groups in total. The fourth-order valence-corrected chi connectivity index (χ4v) is 2.48. The second-order valence-electron chi connectivity index (χ2n) is 5.03. The molecule has 0 saturated carbocycles. The Labute approximate surface area is 149 Å². The second kappa shape index (κ2) is 8.93. The molecule has 0 saturated heterocycles. The second-order valence-corrected chi connectivity index (χ2v) is 5.88. The molecule has 25 heavy (non-hydrogen) atoms. The average molecular weight is 362 g/mol. The Morgan fingerprint density at radius 3 is 2.64 bits per heavy atom.